The minimum Gasteiger partial charge on any atom is -0.477 e. The molecule has 3 rings (SSSR count). The van der Waals surface area contributed by atoms with Crippen LogP contribution in [-0.4, -0.2) is 26.7 Å². The van der Waals surface area contributed by atoms with Gasteiger partial charge in [0, 0.05) is 29.6 Å². The van der Waals surface area contributed by atoms with Crippen LogP contribution in [0.15, 0.2) is 32.1 Å². The molecule has 0 unspecified atom stereocenters. The maximum Gasteiger partial charge on any atom is 0.371 e. The number of fused-ring (bicyclic) bond motifs is 2. The van der Waals surface area contributed by atoms with Gasteiger partial charge in [-0.2, -0.15) is 0 Å². The zero-order valence-corrected chi connectivity index (χ0v) is 14.5. The summed E-state index contributed by atoms with van der Waals surface area (Å²) < 4.78 is 30.8. The molecule has 27 heavy (non-hydrogen) atoms. The van der Waals surface area contributed by atoms with Crippen LogP contribution in [0, 0.1) is 0 Å². The minimum atomic E-state index is -1.64. The summed E-state index contributed by atoms with van der Waals surface area (Å²) in [5.74, 6) is -4.07. The summed E-state index contributed by atoms with van der Waals surface area (Å²) in [4.78, 5) is 48.8. The third-order valence-electron chi connectivity index (χ3n) is 4.14. The first kappa shape index (κ1) is 14.7. The van der Waals surface area contributed by atoms with E-state index < -0.39 is 57.8 Å². The van der Waals surface area contributed by atoms with Crippen molar-refractivity contribution in [3.05, 3.63) is 55.6 Å². The number of carbonyl (C=O) groups is 2. The van der Waals surface area contributed by atoms with Crippen molar-refractivity contribution in [2.45, 2.75) is 33.2 Å². The number of benzene rings is 1. The van der Waals surface area contributed by atoms with Crippen LogP contribution in [0.5, 0.6) is 0 Å². The first-order valence-electron chi connectivity index (χ1n) is 9.70. The van der Waals surface area contributed by atoms with Crippen LogP contribution in [0.1, 0.15) is 51.0 Å². The maximum absolute atomic E-state index is 12.9. The van der Waals surface area contributed by atoms with E-state index in [0.717, 1.165) is 0 Å². The van der Waals surface area contributed by atoms with E-state index in [1.54, 1.807) is 13.8 Å². The van der Waals surface area contributed by atoms with E-state index in [4.69, 9.17) is 8.53 Å². The zero-order chi connectivity index (χ0) is 22.5. The highest BCUT2D eigenvalue weighted by atomic mass is 16.4. The van der Waals surface area contributed by atoms with Gasteiger partial charge < -0.3 is 19.2 Å². The van der Waals surface area contributed by atoms with Crippen molar-refractivity contribution in [2.24, 2.45) is 0 Å². The number of aromatic nitrogens is 1. The highest BCUT2D eigenvalue weighted by Gasteiger charge is 2.21. The second-order valence-corrected chi connectivity index (χ2v) is 5.82. The lowest BCUT2D eigenvalue weighted by Crippen LogP contribution is -2.19. The lowest BCUT2D eigenvalue weighted by atomic mass is 10.00. The van der Waals surface area contributed by atoms with Gasteiger partial charge >= 0.3 is 11.9 Å². The summed E-state index contributed by atoms with van der Waals surface area (Å²) in [5, 5.41) is 18.1. The molecule has 0 spiro atoms. The van der Waals surface area contributed by atoms with E-state index in [2.05, 4.69) is 0 Å². The first-order chi connectivity index (χ1) is 14.1. The highest BCUT2D eigenvalue weighted by molar-refractivity contribution is 6.01. The lowest BCUT2D eigenvalue weighted by Gasteiger charge is -2.17. The molecule has 2 aromatic heterocycles. The fourth-order valence-electron chi connectivity index (χ4n) is 3.09. The summed E-state index contributed by atoms with van der Waals surface area (Å²) in [7, 11) is 0. The molecule has 0 amide bonds. The Balaban J connectivity index is 2.83. The van der Waals surface area contributed by atoms with Crippen LogP contribution in [0.25, 0.3) is 21.9 Å². The Bertz CT molecular complexity index is 1370. The molecule has 0 bridgehead atoms. The molecule has 0 saturated carbocycles. The number of carboxylic acid groups (broad SMARTS) is 2. The number of nitrogens with zero attached hydrogens (tertiary/aromatic N) is 1. The van der Waals surface area contributed by atoms with Crippen LogP contribution in [0.4, 0.5) is 0 Å². The van der Waals surface area contributed by atoms with Gasteiger partial charge in [0.1, 0.15) is 11.3 Å². The SMILES string of the molecule is [2H]c1c(C(=O)O)oc2c(CCC)c3c(c([2H])c2c1=O)c(=O)c([2H])c(C(=O)O)n3CC. The van der Waals surface area contributed by atoms with Gasteiger partial charge in [0.2, 0.25) is 5.76 Å². The van der Waals surface area contributed by atoms with E-state index in [0.29, 0.717) is 6.42 Å². The molecule has 0 aliphatic rings. The van der Waals surface area contributed by atoms with Crippen LogP contribution in [0.2, 0.25) is 0 Å². The molecule has 8 nitrogen and oxygen atoms in total. The predicted octanol–water partition coefficient (Wildman–Crippen LogP) is 2.48. The predicted molar refractivity (Wildman–Crippen MR) is 97.8 cm³/mol. The molecule has 3 aromatic rings. The van der Waals surface area contributed by atoms with Gasteiger partial charge in [0.25, 0.3) is 0 Å². The summed E-state index contributed by atoms with van der Waals surface area (Å²) in [6.45, 7) is 3.39. The molecule has 2 heterocycles. The Labute approximate surface area is 156 Å². The summed E-state index contributed by atoms with van der Waals surface area (Å²) in [5.41, 5.74) is -2.79. The molecule has 0 radical (unpaired) electrons. The third-order valence-corrected chi connectivity index (χ3v) is 4.14. The van der Waals surface area contributed by atoms with Gasteiger partial charge in [-0.3, -0.25) is 9.59 Å². The van der Waals surface area contributed by atoms with E-state index >= 15 is 0 Å². The van der Waals surface area contributed by atoms with E-state index in [9.17, 15) is 29.4 Å². The van der Waals surface area contributed by atoms with Gasteiger partial charge in [0.15, 0.2) is 10.9 Å². The van der Waals surface area contributed by atoms with Crippen LogP contribution >= 0.6 is 0 Å². The largest absolute Gasteiger partial charge is 0.477 e. The second kappa shape index (κ2) is 6.71. The van der Waals surface area contributed by atoms with Gasteiger partial charge in [-0.15, -0.1) is 0 Å². The molecule has 0 aliphatic heterocycles. The normalized spacial score (nSPS) is 12.7. The second-order valence-electron chi connectivity index (χ2n) is 5.82. The smallest absolute Gasteiger partial charge is 0.371 e. The Morgan fingerprint density at radius 2 is 1.74 bits per heavy atom. The average Bonchev–Trinajstić information content (AvgIpc) is 2.68. The summed E-state index contributed by atoms with van der Waals surface area (Å²) in [6.07, 6.45) is 0.627. The number of aromatic carboxylic acids is 2. The molecule has 2 N–H and O–H groups in total. The molecular formula is C19H17NO7. The van der Waals surface area contributed by atoms with Gasteiger partial charge in [-0.05, 0) is 19.4 Å². The quantitative estimate of drug-likeness (QED) is 0.657. The van der Waals surface area contributed by atoms with E-state index in [1.807, 2.05) is 0 Å². The number of pyridine rings is 1. The van der Waals surface area contributed by atoms with Gasteiger partial charge in [-0.1, -0.05) is 13.3 Å². The molecule has 0 atom stereocenters. The van der Waals surface area contributed by atoms with Crippen molar-refractivity contribution >= 4 is 33.8 Å². The van der Waals surface area contributed by atoms with Crippen LogP contribution in [-0.2, 0) is 13.0 Å². The van der Waals surface area contributed by atoms with Crippen molar-refractivity contribution in [2.75, 3.05) is 0 Å². The van der Waals surface area contributed by atoms with Crippen molar-refractivity contribution in [1.29, 1.82) is 0 Å². The number of carboxylic acids is 2. The highest BCUT2D eigenvalue weighted by Crippen LogP contribution is 2.28. The first-order valence-corrected chi connectivity index (χ1v) is 8.20. The minimum absolute atomic E-state index is 0.00692. The van der Waals surface area contributed by atoms with Crippen LogP contribution < -0.4 is 10.9 Å². The molecule has 8 heteroatoms. The van der Waals surface area contributed by atoms with E-state index in [-0.39, 0.29) is 35.0 Å². The molecular weight excluding hydrogens is 354 g/mol. The molecule has 1 aromatic carbocycles. The monoisotopic (exact) mass is 374 g/mol. The molecule has 0 fully saturated rings. The third kappa shape index (κ3) is 2.88. The number of hydrogen-bond acceptors (Lipinski definition) is 5. The van der Waals surface area contributed by atoms with Gasteiger partial charge in [0.05, 0.1) is 15.0 Å². The molecule has 0 aliphatic carbocycles. The number of rotatable bonds is 5. The lowest BCUT2D eigenvalue weighted by molar-refractivity contribution is 0.0659. The Kier molecular flexibility index (Phi) is 3.66. The number of aryl methyl sites for hydroxylation is 2. The standard InChI is InChI=1S/C19H17NO7/c1-3-5-9-16-10(13(21)7-12(18(23)24)20(16)4-2)6-11-14(22)8-15(19(25)26)27-17(9)11/h6-8H,3-5H2,1-2H3,(H,23,24)(H,25,26)/i6D,7D,8D. The summed E-state index contributed by atoms with van der Waals surface area (Å²) in [6, 6.07) is -2.42. The molecule has 140 valence electrons. The molecule has 0 saturated heterocycles. The average molecular weight is 374 g/mol. The Morgan fingerprint density at radius 1 is 1.07 bits per heavy atom. The maximum atomic E-state index is 12.9. The van der Waals surface area contributed by atoms with Gasteiger partial charge in [-0.25, -0.2) is 9.59 Å². The summed E-state index contributed by atoms with van der Waals surface area (Å²) >= 11 is 0. The zero-order valence-electron chi connectivity index (χ0n) is 17.5. The fraction of sp³-hybridized carbons (Fsp3) is 0.263. The van der Waals surface area contributed by atoms with Crippen molar-refractivity contribution < 1.29 is 28.3 Å². The topological polar surface area (TPSA) is 127 Å². The van der Waals surface area contributed by atoms with Crippen molar-refractivity contribution in [3.8, 4) is 0 Å². The van der Waals surface area contributed by atoms with Crippen molar-refractivity contribution in [3.63, 3.8) is 0 Å². The van der Waals surface area contributed by atoms with Crippen molar-refractivity contribution in [1.82, 2.24) is 4.57 Å². The van der Waals surface area contributed by atoms with E-state index in [1.165, 1.54) is 4.57 Å². The Hall–Kier alpha value is -3.42. The fourth-order valence-corrected chi connectivity index (χ4v) is 3.09. The Morgan fingerprint density at radius 3 is 2.30 bits per heavy atom. The number of hydrogen-bond donors (Lipinski definition) is 2. The van der Waals surface area contributed by atoms with Crippen LogP contribution in [0.3, 0.4) is 0 Å².